The molecule has 2 rings (SSSR count). The first-order valence-electron chi connectivity index (χ1n) is 6.48. The fraction of sp³-hybridized carbons (Fsp3) is 0.500. The molecule has 0 atom stereocenters. The molecule has 0 bridgehead atoms. The number of hydrogen-bond acceptors (Lipinski definition) is 4. The lowest BCUT2D eigenvalue weighted by Gasteiger charge is -2.34. The minimum atomic E-state index is 0.0171. The highest BCUT2D eigenvalue weighted by Crippen LogP contribution is 2.22. The Morgan fingerprint density at radius 2 is 2.26 bits per heavy atom. The summed E-state index contributed by atoms with van der Waals surface area (Å²) in [5.41, 5.74) is 6.29. The van der Waals surface area contributed by atoms with Gasteiger partial charge in [0.05, 0.1) is 19.1 Å². The number of methoxy groups -OCH3 is 1. The molecule has 0 unspecified atom stereocenters. The number of rotatable bonds is 6. The molecule has 1 aromatic carbocycles. The summed E-state index contributed by atoms with van der Waals surface area (Å²) >= 11 is 0. The maximum atomic E-state index is 11.6. The van der Waals surface area contributed by atoms with Gasteiger partial charge in [0.15, 0.2) is 0 Å². The molecule has 19 heavy (non-hydrogen) atoms. The highest BCUT2D eigenvalue weighted by Gasteiger charge is 2.29. The van der Waals surface area contributed by atoms with Crippen molar-refractivity contribution in [1.82, 2.24) is 5.32 Å². The first kappa shape index (κ1) is 13.7. The van der Waals surface area contributed by atoms with Gasteiger partial charge in [0, 0.05) is 24.9 Å². The Morgan fingerprint density at radius 1 is 1.47 bits per heavy atom. The zero-order valence-electron chi connectivity index (χ0n) is 11.1. The third kappa shape index (κ3) is 4.13. The Labute approximate surface area is 113 Å². The van der Waals surface area contributed by atoms with Gasteiger partial charge < -0.3 is 20.5 Å². The van der Waals surface area contributed by atoms with Gasteiger partial charge in [0.2, 0.25) is 5.91 Å². The Bertz CT molecular complexity index is 430. The highest BCUT2D eigenvalue weighted by atomic mass is 16.5. The summed E-state index contributed by atoms with van der Waals surface area (Å²) < 4.78 is 10.6. The van der Waals surface area contributed by atoms with Crippen LogP contribution in [0, 0.1) is 0 Å². The lowest BCUT2D eigenvalue weighted by molar-refractivity contribution is -0.123. The van der Waals surface area contributed by atoms with E-state index < -0.39 is 0 Å². The van der Waals surface area contributed by atoms with Crippen LogP contribution in [-0.2, 0) is 9.53 Å². The third-order valence-corrected chi connectivity index (χ3v) is 3.25. The van der Waals surface area contributed by atoms with Crippen LogP contribution in [0.2, 0.25) is 0 Å². The second-order valence-corrected chi connectivity index (χ2v) is 4.76. The summed E-state index contributed by atoms with van der Waals surface area (Å²) in [4.78, 5) is 11.6. The summed E-state index contributed by atoms with van der Waals surface area (Å²) in [7, 11) is 1.70. The van der Waals surface area contributed by atoms with Crippen LogP contribution in [0.4, 0.5) is 5.69 Å². The minimum Gasteiger partial charge on any atom is -0.493 e. The van der Waals surface area contributed by atoms with Gasteiger partial charge in [-0.05, 0) is 25.0 Å². The topological polar surface area (TPSA) is 73.6 Å². The van der Waals surface area contributed by atoms with Crippen molar-refractivity contribution in [3.8, 4) is 5.75 Å². The molecule has 0 aliphatic heterocycles. The van der Waals surface area contributed by atoms with Crippen LogP contribution in [0.5, 0.6) is 5.75 Å². The fourth-order valence-corrected chi connectivity index (χ4v) is 2.04. The van der Waals surface area contributed by atoms with E-state index in [2.05, 4.69) is 5.32 Å². The fourth-order valence-electron chi connectivity index (χ4n) is 2.04. The second kappa shape index (κ2) is 6.43. The van der Waals surface area contributed by atoms with Crippen molar-refractivity contribution in [3.05, 3.63) is 24.3 Å². The first-order chi connectivity index (χ1) is 9.17. The number of ether oxygens (including phenoxy) is 2. The number of anilines is 1. The standard InChI is InChI=1S/C14H20N2O3/c1-18-13-8-11(9-13)16-14(17)5-6-19-12-4-2-3-10(15)7-12/h2-4,7,11,13H,5-6,8-9,15H2,1H3,(H,16,17). The molecule has 1 aliphatic rings. The number of carbonyl (C=O) groups is 1. The summed E-state index contributed by atoms with van der Waals surface area (Å²) in [6.45, 7) is 0.357. The van der Waals surface area contributed by atoms with E-state index in [-0.39, 0.29) is 11.9 Å². The zero-order chi connectivity index (χ0) is 13.7. The third-order valence-electron chi connectivity index (χ3n) is 3.25. The van der Waals surface area contributed by atoms with Crippen LogP contribution in [0.15, 0.2) is 24.3 Å². The predicted octanol–water partition coefficient (Wildman–Crippen LogP) is 1.33. The summed E-state index contributed by atoms with van der Waals surface area (Å²) in [5.74, 6) is 0.708. The van der Waals surface area contributed by atoms with Crippen molar-refractivity contribution < 1.29 is 14.3 Å². The van der Waals surface area contributed by atoms with Crippen molar-refractivity contribution in [2.75, 3.05) is 19.5 Å². The van der Waals surface area contributed by atoms with Gasteiger partial charge in [0.25, 0.3) is 0 Å². The highest BCUT2D eigenvalue weighted by molar-refractivity contribution is 5.76. The Balaban J connectivity index is 1.62. The van der Waals surface area contributed by atoms with E-state index in [9.17, 15) is 4.79 Å². The van der Waals surface area contributed by atoms with E-state index in [1.807, 2.05) is 12.1 Å². The van der Waals surface area contributed by atoms with Crippen LogP contribution in [0.1, 0.15) is 19.3 Å². The number of carbonyl (C=O) groups excluding carboxylic acids is 1. The van der Waals surface area contributed by atoms with Crippen molar-refractivity contribution >= 4 is 11.6 Å². The van der Waals surface area contributed by atoms with Crippen LogP contribution < -0.4 is 15.8 Å². The van der Waals surface area contributed by atoms with E-state index in [1.165, 1.54) is 0 Å². The number of hydrogen-bond donors (Lipinski definition) is 2. The average Bonchev–Trinajstić information content (AvgIpc) is 2.33. The molecule has 0 aromatic heterocycles. The summed E-state index contributed by atoms with van der Waals surface area (Å²) in [6, 6.07) is 7.44. The quantitative estimate of drug-likeness (QED) is 0.760. The molecule has 3 N–H and O–H groups in total. The molecule has 104 valence electrons. The number of nitrogens with one attached hydrogen (secondary N) is 1. The van der Waals surface area contributed by atoms with E-state index in [0.717, 1.165) is 12.8 Å². The molecule has 0 saturated heterocycles. The molecule has 5 nitrogen and oxygen atoms in total. The van der Waals surface area contributed by atoms with Crippen molar-refractivity contribution in [1.29, 1.82) is 0 Å². The van der Waals surface area contributed by atoms with Crippen LogP contribution in [-0.4, -0.2) is 31.8 Å². The van der Waals surface area contributed by atoms with E-state index in [1.54, 1.807) is 19.2 Å². The monoisotopic (exact) mass is 264 g/mol. The SMILES string of the molecule is COC1CC(NC(=O)CCOc2cccc(N)c2)C1. The lowest BCUT2D eigenvalue weighted by atomic mass is 9.89. The van der Waals surface area contributed by atoms with Gasteiger partial charge in [-0.1, -0.05) is 6.07 Å². The van der Waals surface area contributed by atoms with Crippen molar-refractivity contribution in [3.63, 3.8) is 0 Å². The van der Waals surface area contributed by atoms with Crippen molar-refractivity contribution in [2.24, 2.45) is 0 Å². The van der Waals surface area contributed by atoms with Gasteiger partial charge in [0.1, 0.15) is 5.75 Å². The van der Waals surface area contributed by atoms with Crippen LogP contribution in [0.3, 0.4) is 0 Å². The predicted molar refractivity (Wildman–Crippen MR) is 72.9 cm³/mol. The maximum Gasteiger partial charge on any atom is 0.223 e. The van der Waals surface area contributed by atoms with E-state index >= 15 is 0 Å². The van der Waals surface area contributed by atoms with Crippen molar-refractivity contribution in [2.45, 2.75) is 31.4 Å². The van der Waals surface area contributed by atoms with Gasteiger partial charge in [-0.2, -0.15) is 0 Å². The normalized spacial score (nSPS) is 21.5. The number of nitrogen functional groups attached to an aromatic ring is 1. The largest absolute Gasteiger partial charge is 0.493 e. The molecule has 1 aromatic rings. The number of amides is 1. The molecule has 1 saturated carbocycles. The maximum absolute atomic E-state index is 11.6. The summed E-state index contributed by atoms with van der Waals surface area (Å²) in [6.07, 6.45) is 2.45. The average molecular weight is 264 g/mol. The molecule has 0 heterocycles. The second-order valence-electron chi connectivity index (χ2n) is 4.76. The van der Waals surface area contributed by atoms with Crippen LogP contribution in [0.25, 0.3) is 0 Å². The van der Waals surface area contributed by atoms with Gasteiger partial charge >= 0.3 is 0 Å². The number of benzene rings is 1. The van der Waals surface area contributed by atoms with Gasteiger partial charge in [-0.15, -0.1) is 0 Å². The Hall–Kier alpha value is -1.75. The molecular formula is C14H20N2O3. The first-order valence-corrected chi connectivity index (χ1v) is 6.48. The van der Waals surface area contributed by atoms with Crippen LogP contribution >= 0.6 is 0 Å². The van der Waals surface area contributed by atoms with E-state index in [4.69, 9.17) is 15.2 Å². The number of nitrogens with two attached hydrogens (primary N) is 1. The van der Waals surface area contributed by atoms with Gasteiger partial charge in [-0.25, -0.2) is 0 Å². The molecule has 5 heteroatoms. The Kier molecular flexibility index (Phi) is 4.63. The molecule has 1 fully saturated rings. The molecule has 0 spiro atoms. The minimum absolute atomic E-state index is 0.0171. The molecular weight excluding hydrogens is 244 g/mol. The molecule has 1 amide bonds. The zero-order valence-corrected chi connectivity index (χ0v) is 11.1. The Morgan fingerprint density at radius 3 is 2.95 bits per heavy atom. The lowest BCUT2D eigenvalue weighted by Crippen LogP contribution is -2.47. The summed E-state index contributed by atoms with van der Waals surface area (Å²) in [5, 5.41) is 2.95. The van der Waals surface area contributed by atoms with E-state index in [0.29, 0.717) is 30.6 Å². The molecule has 0 radical (unpaired) electrons. The molecule has 1 aliphatic carbocycles. The van der Waals surface area contributed by atoms with Gasteiger partial charge in [-0.3, -0.25) is 4.79 Å². The smallest absolute Gasteiger partial charge is 0.223 e.